The van der Waals surface area contributed by atoms with E-state index in [1.807, 2.05) is 0 Å². The second-order valence-corrected chi connectivity index (χ2v) is 3.75. The Balaban J connectivity index is 2.01. The topological polar surface area (TPSA) is 85.8 Å². The number of rotatable bonds is 3. The molecule has 0 atom stereocenters. The lowest BCUT2D eigenvalue weighted by atomic mass is 10.2. The summed E-state index contributed by atoms with van der Waals surface area (Å²) in [7, 11) is 1.74. The number of halogens is 1. The maximum atomic E-state index is 12.9. The van der Waals surface area contributed by atoms with E-state index in [2.05, 4.69) is 15.4 Å². The van der Waals surface area contributed by atoms with E-state index < -0.39 is 5.82 Å². The van der Waals surface area contributed by atoms with Gasteiger partial charge in [-0.3, -0.25) is 9.48 Å². The number of hydrogen-bond donors (Lipinski definition) is 2. The number of nitrogen functional groups attached to an aromatic ring is 1. The van der Waals surface area contributed by atoms with Crippen molar-refractivity contribution in [3.05, 3.63) is 41.7 Å². The van der Waals surface area contributed by atoms with Crippen molar-refractivity contribution in [2.45, 2.75) is 6.54 Å². The number of amides is 1. The molecule has 0 saturated heterocycles. The molecule has 6 nitrogen and oxygen atoms in total. The van der Waals surface area contributed by atoms with Crippen molar-refractivity contribution in [2.24, 2.45) is 7.05 Å². The molecule has 0 unspecified atom stereocenters. The first-order valence-electron chi connectivity index (χ1n) is 5.24. The van der Waals surface area contributed by atoms with Crippen LogP contribution in [-0.2, 0) is 13.6 Å². The molecule has 0 fully saturated rings. The van der Waals surface area contributed by atoms with Crippen LogP contribution in [0.15, 0.2) is 24.5 Å². The maximum absolute atomic E-state index is 12.9. The van der Waals surface area contributed by atoms with Gasteiger partial charge < -0.3 is 11.1 Å². The van der Waals surface area contributed by atoms with Crippen molar-refractivity contribution >= 4 is 11.6 Å². The number of benzene rings is 1. The SMILES string of the molecule is Cn1cnc(CNC(=O)c2ccc(F)c(N)c2)n1. The van der Waals surface area contributed by atoms with E-state index in [4.69, 9.17) is 5.73 Å². The predicted octanol–water partition coefficient (Wildman–Crippen LogP) is 0.466. The zero-order valence-electron chi connectivity index (χ0n) is 9.72. The quantitative estimate of drug-likeness (QED) is 0.774. The molecule has 3 N–H and O–H groups in total. The Kier molecular flexibility index (Phi) is 3.22. The minimum atomic E-state index is -0.544. The molecule has 2 aromatic rings. The second-order valence-electron chi connectivity index (χ2n) is 3.75. The highest BCUT2D eigenvalue weighted by Gasteiger charge is 2.08. The molecule has 1 aromatic heterocycles. The Morgan fingerprint density at radius 1 is 1.56 bits per heavy atom. The smallest absolute Gasteiger partial charge is 0.251 e. The summed E-state index contributed by atoms with van der Waals surface area (Å²) in [5.41, 5.74) is 5.63. The van der Waals surface area contributed by atoms with Crippen molar-refractivity contribution in [1.82, 2.24) is 20.1 Å². The third-order valence-electron chi connectivity index (χ3n) is 2.31. The average Bonchev–Trinajstić information content (AvgIpc) is 2.75. The predicted molar refractivity (Wildman–Crippen MR) is 63.0 cm³/mol. The van der Waals surface area contributed by atoms with E-state index in [1.165, 1.54) is 23.1 Å². The molecule has 1 aromatic carbocycles. The largest absolute Gasteiger partial charge is 0.396 e. The Labute approximate surface area is 103 Å². The van der Waals surface area contributed by atoms with Gasteiger partial charge in [0.25, 0.3) is 5.91 Å². The summed E-state index contributed by atoms with van der Waals surface area (Å²) >= 11 is 0. The zero-order valence-corrected chi connectivity index (χ0v) is 9.72. The van der Waals surface area contributed by atoms with E-state index in [-0.39, 0.29) is 18.1 Å². The molecule has 94 valence electrons. The van der Waals surface area contributed by atoms with Crippen LogP contribution in [0.4, 0.5) is 10.1 Å². The Hall–Kier alpha value is -2.44. The third kappa shape index (κ3) is 2.62. The molecule has 0 radical (unpaired) electrons. The number of nitrogens with one attached hydrogen (secondary N) is 1. The molecule has 0 bridgehead atoms. The van der Waals surface area contributed by atoms with Gasteiger partial charge >= 0.3 is 0 Å². The molecule has 0 aliphatic heterocycles. The van der Waals surface area contributed by atoms with Crippen LogP contribution >= 0.6 is 0 Å². The lowest BCUT2D eigenvalue weighted by Crippen LogP contribution is -2.23. The summed E-state index contributed by atoms with van der Waals surface area (Å²) in [6.45, 7) is 0.205. The number of aromatic nitrogens is 3. The Bertz CT molecular complexity index is 581. The van der Waals surface area contributed by atoms with Gasteiger partial charge in [-0.25, -0.2) is 9.37 Å². The minimum absolute atomic E-state index is 0.0568. The number of nitrogens with zero attached hydrogens (tertiary/aromatic N) is 3. The van der Waals surface area contributed by atoms with Gasteiger partial charge in [0, 0.05) is 12.6 Å². The molecule has 0 aliphatic carbocycles. The van der Waals surface area contributed by atoms with Gasteiger partial charge in [0.15, 0.2) is 5.82 Å². The molecule has 0 saturated carbocycles. The number of aryl methyl sites for hydroxylation is 1. The molecule has 1 amide bonds. The fourth-order valence-electron chi connectivity index (χ4n) is 1.41. The second kappa shape index (κ2) is 4.82. The monoisotopic (exact) mass is 249 g/mol. The third-order valence-corrected chi connectivity index (χ3v) is 2.31. The van der Waals surface area contributed by atoms with Gasteiger partial charge in [-0.15, -0.1) is 0 Å². The molecular formula is C11H12FN5O. The molecular weight excluding hydrogens is 237 g/mol. The summed E-state index contributed by atoms with van der Waals surface area (Å²) in [4.78, 5) is 15.7. The summed E-state index contributed by atoms with van der Waals surface area (Å²) in [6, 6.07) is 3.81. The molecule has 7 heteroatoms. The lowest BCUT2D eigenvalue weighted by molar-refractivity contribution is 0.0950. The normalized spacial score (nSPS) is 10.3. The summed E-state index contributed by atoms with van der Waals surface area (Å²) in [6.07, 6.45) is 1.54. The molecule has 18 heavy (non-hydrogen) atoms. The van der Waals surface area contributed by atoms with Crippen molar-refractivity contribution in [3.8, 4) is 0 Å². The Morgan fingerprint density at radius 3 is 2.94 bits per heavy atom. The van der Waals surface area contributed by atoms with Gasteiger partial charge in [0.1, 0.15) is 12.1 Å². The van der Waals surface area contributed by atoms with Crippen LogP contribution in [0.3, 0.4) is 0 Å². The van der Waals surface area contributed by atoms with Gasteiger partial charge in [0.05, 0.1) is 12.2 Å². The van der Waals surface area contributed by atoms with Gasteiger partial charge in [0.2, 0.25) is 0 Å². The van der Waals surface area contributed by atoms with Gasteiger partial charge in [-0.05, 0) is 18.2 Å². The first-order valence-corrected chi connectivity index (χ1v) is 5.24. The van der Waals surface area contributed by atoms with Crippen LogP contribution in [0.2, 0.25) is 0 Å². The molecule has 0 aliphatic rings. The summed E-state index contributed by atoms with van der Waals surface area (Å²) in [5.74, 6) is -0.395. The Morgan fingerprint density at radius 2 is 2.33 bits per heavy atom. The number of nitrogens with two attached hydrogens (primary N) is 1. The number of carbonyl (C=O) groups excluding carboxylic acids is 1. The van der Waals surface area contributed by atoms with Crippen LogP contribution in [0.25, 0.3) is 0 Å². The van der Waals surface area contributed by atoms with Crippen molar-refractivity contribution in [1.29, 1.82) is 0 Å². The standard InChI is InChI=1S/C11H12FN5O/c1-17-6-15-10(16-17)5-14-11(18)7-2-3-8(12)9(13)4-7/h2-4,6H,5,13H2,1H3,(H,14,18). The first kappa shape index (κ1) is 12.0. The van der Waals surface area contributed by atoms with Crippen molar-refractivity contribution < 1.29 is 9.18 Å². The van der Waals surface area contributed by atoms with Crippen LogP contribution in [-0.4, -0.2) is 20.7 Å². The van der Waals surface area contributed by atoms with E-state index in [0.29, 0.717) is 11.4 Å². The maximum Gasteiger partial charge on any atom is 0.251 e. The number of hydrogen-bond acceptors (Lipinski definition) is 4. The lowest BCUT2D eigenvalue weighted by Gasteiger charge is -2.04. The first-order chi connectivity index (χ1) is 8.56. The summed E-state index contributed by atoms with van der Waals surface area (Å²) < 4.78 is 14.5. The van der Waals surface area contributed by atoms with Crippen molar-refractivity contribution in [2.75, 3.05) is 5.73 Å². The number of carbonyl (C=O) groups is 1. The van der Waals surface area contributed by atoms with Gasteiger partial charge in [-0.2, -0.15) is 5.10 Å². The minimum Gasteiger partial charge on any atom is -0.396 e. The number of anilines is 1. The zero-order chi connectivity index (χ0) is 13.1. The van der Waals surface area contributed by atoms with Crippen LogP contribution in [0.5, 0.6) is 0 Å². The highest BCUT2D eigenvalue weighted by atomic mass is 19.1. The van der Waals surface area contributed by atoms with E-state index in [1.54, 1.807) is 7.05 Å². The van der Waals surface area contributed by atoms with Crippen LogP contribution < -0.4 is 11.1 Å². The highest BCUT2D eigenvalue weighted by Crippen LogP contribution is 2.12. The van der Waals surface area contributed by atoms with E-state index in [0.717, 1.165) is 6.07 Å². The summed E-state index contributed by atoms with van der Waals surface area (Å²) in [5, 5.41) is 6.63. The molecule has 1 heterocycles. The van der Waals surface area contributed by atoms with Crippen molar-refractivity contribution in [3.63, 3.8) is 0 Å². The van der Waals surface area contributed by atoms with E-state index in [9.17, 15) is 9.18 Å². The van der Waals surface area contributed by atoms with E-state index >= 15 is 0 Å². The van der Waals surface area contributed by atoms with Crippen LogP contribution in [0, 0.1) is 5.82 Å². The van der Waals surface area contributed by atoms with Crippen LogP contribution in [0.1, 0.15) is 16.2 Å². The average molecular weight is 249 g/mol. The highest BCUT2D eigenvalue weighted by molar-refractivity contribution is 5.94. The van der Waals surface area contributed by atoms with Gasteiger partial charge in [-0.1, -0.05) is 0 Å². The molecule has 2 rings (SSSR count). The fourth-order valence-corrected chi connectivity index (χ4v) is 1.41. The fraction of sp³-hybridized carbons (Fsp3) is 0.182. The molecule has 0 spiro atoms.